The Balaban J connectivity index is 3.30. The van der Waals surface area contributed by atoms with Gasteiger partial charge in [0.2, 0.25) is 0 Å². The number of nitrogens with zero attached hydrogens (tertiary/aromatic N) is 2. The summed E-state index contributed by atoms with van der Waals surface area (Å²) in [5.41, 5.74) is 5.52. The number of nitrogens with one attached hydrogen (secondary N) is 1. The Kier molecular flexibility index (Phi) is 2.15. The highest BCUT2D eigenvalue weighted by molar-refractivity contribution is 6.28. The summed E-state index contributed by atoms with van der Waals surface area (Å²) < 4.78 is 1.23. The van der Waals surface area contributed by atoms with Crippen LogP contribution in [0.2, 0.25) is 0 Å². The molecule has 0 aromatic heterocycles. The van der Waals surface area contributed by atoms with Crippen LogP contribution in [-0.4, -0.2) is 30.1 Å². The second-order valence-corrected chi connectivity index (χ2v) is 2.33. The molecule has 0 unspecified atom stereocenters. The number of rotatable bonds is 2. The number of hydrazone groups is 1. The van der Waals surface area contributed by atoms with Crippen LogP contribution in [0.5, 0.6) is 0 Å². The first-order valence-corrected chi connectivity index (χ1v) is 3.49. The number of amides is 1. The van der Waals surface area contributed by atoms with Gasteiger partial charge in [-0.15, -0.1) is 11.1 Å². The molecule has 0 bridgehead atoms. The highest BCUT2D eigenvalue weighted by Crippen LogP contribution is 2.12. The first-order valence-electron chi connectivity index (χ1n) is 3.49. The topological polar surface area (TPSA) is 70.5 Å². The third-order valence-corrected chi connectivity index (χ3v) is 1.57. The molecule has 1 rings (SSSR count). The van der Waals surface area contributed by atoms with Gasteiger partial charge in [-0.1, -0.05) is 5.10 Å². The van der Waals surface area contributed by atoms with Crippen molar-refractivity contribution in [3.05, 3.63) is 11.4 Å². The van der Waals surface area contributed by atoms with E-state index in [0.29, 0.717) is 5.82 Å². The molecule has 66 valence electrons. The maximum absolute atomic E-state index is 11.0. The zero-order valence-corrected chi connectivity index (χ0v) is 7.16. The summed E-state index contributed by atoms with van der Waals surface area (Å²) in [6, 6.07) is 0. The van der Waals surface area contributed by atoms with Crippen LogP contribution >= 0.6 is 0 Å². The lowest BCUT2D eigenvalue weighted by molar-refractivity contribution is -0.474. The molecule has 0 saturated carbocycles. The summed E-state index contributed by atoms with van der Waals surface area (Å²) in [6.07, 6.45) is 5.14. The Labute approximate surface area is 75.6 Å². The molecule has 0 saturated heterocycles. The molecule has 0 radical (unpaired) electrons. The maximum atomic E-state index is 11.0. The predicted octanol–water partition coefficient (Wildman–Crippen LogP) is -1.38. The average Bonchev–Trinajstić information content (AvgIpc) is 2.41. The van der Waals surface area contributed by atoms with Gasteiger partial charge in [0.25, 0.3) is 5.91 Å². The van der Waals surface area contributed by atoms with E-state index >= 15 is 0 Å². The molecule has 5 nitrogen and oxygen atoms in total. The van der Waals surface area contributed by atoms with E-state index in [1.807, 2.05) is 0 Å². The standard InChI is InChI=1S/C8H8N4O/c1-4-5-6(7(9)13)8(10-2)12(3)11-5/h1H,3H2,2H3,(H2-,9,10,11,13)/p+1. The van der Waals surface area contributed by atoms with Crippen molar-refractivity contribution in [2.24, 2.45) is 10.8 Å². The fourth-order valence-corrected chi connectivity index (χ4v) is 1.05. The molecule has 0 fully saturated rings. The van der Waals surface area contributed by atoms with Crippen molar-refractivity contribution in [1.82, 2.24) is 5.32 Å². The van der Waals surface area contributed by atoms with E-state index in [9.17, 15) is 4.79 Å². The van der Waals surface area contributed by atoms with Gasteiger partial charge in [-0.3, -0.25) is 10.1 Å². The van der Waals surface area contributed by atoms with E-state index in [2.05, 4.69) is 23.1 Å². The van der Waals surface area contributed by atoms with Gasteiger partial charge < -0.3 is 5.73 Å². The molecule has 0 aliphatic carbocycles. The summed E-state index contributed by atoms with van der Waals surface area (Å²) in [5, 5.41) is 6.57. The number of carbonyl (C=O) groups is 1. The van der Waals surface area contributed by atoms with Gasteiger partial charge >= 0.3 is 5.82 Å². The van der Waals surface area contributed by atoms with Crippen LogP contribution in [0.3, 0.4) is 0 Å². The third-order valence-electron chi connectivity index (χ3n) is 1.57. The number of hydrogen-bond donors (Lipinski definition) is 2. The van der Waals surface area contributed by atoms with Gasteiger partial charge in [-0.05, 0) is 5.92 Å². The van der Waals surface area contributed by atoms with E-state index in [1.165, 1.54) is 4.68 Å². The van der Waals surface area contributed by atoms with Crippen LogP contribution < -0.4 is 11.1 Å². The maximum Gasteiger partial charge on any atom is 0.315 e. The molecule has 1 aliphatic heterocycles. The lowest BCUT2D eigenvalue weighted by atomic mass is 10.1. The SMILES string of the molecule is C#CC1=N[N+](=C)C(NC)=C1C(N)=O. The van der Waals surface area contributed by atoms with Crippen molar-refractivity contribution < 1.29 is 9.48 Å². The molecule has 3 N–H and O–H groups in total. The van der Waals surface area contributed by atoms with E-state index in [0.717, 1.165) is 0 Å². The molecule has 13 heavy (non-hydrogen) atoms. The fourth-order valence-electron chi connectivity index (χ4n) is 1.05. The Morgan fingerprint density at radius 1 is 1.85 bits per heavy atom. The minimum atomic E-state index is -0.618. The zero-order chi connectivity index (χ0) is 10.0. The lowest BCUT2D eigenvalue weighted by Crippen LogP contribution is -2.24. The second-order valence-electron chi connectivity index (χ2n) is 2.33. The van der Waals surface area contributed by atoms with Gasteiger partial charge in [0.05, 0.1) is 13.8 Å². The van der Waals surface area contributed by atoms with Crippen molar-refractivity contribution in [2.45, 2.75) is 0 Å². The van der Waals surface area contributed by atoms with Crippen LogP contribution in [0, 0.1) is 12.3 Å². The molecule has 0 aromatic rings. The molecule has 1 heterocycles. The van der Waals surface area contributed by atoms with Crippen LogP contribution in [0.15, 0.2) is 16.5 Å². The van der Waals surface area contributed by atoms with E-state index in [-0.39, 0.29) is 11.3 Å². The molecule has 5 heteroatoms. The van der Waals surface area contributed by atoms with Gasteiger partial charge in [0, 0.05) is 0 Å². The number of primary amides is 1. The van der Waals surface area contributed by atoms with Crippen molar-refractivity contribution in [1.29, 1.82) is 0 Å². The van der Waals surface area contributed by atoms with Crippen LogP contribution in [0.1, 0.15) is 0 Å². The minimum absolute atomic E-state index is 0.194. The summed E-state index contributed by atoms with van der Waals surface area (Å²) in [6.45, 7) is 3.54. The fraction of sp³-hybridized carbons (Fsp3) is 0.125. The van der Waals surface area contributed by atoms with Gasteiger partial charge in [0.1, 0.15) is 0 Å². The minimum Gasteiger partial charge on any atom is -0.365 e. The highest BCUT2D eigenvalue weighted by atomic mass is 16.1. The van der Waals surface area contributed by atoms with Gasteiger partial charge in [-0.2, -0.15) is 0 Å². The molecule has 1 aliphatic rings. The van der Waals surface area contributed by atoms with Crippen molar-refractivity contribution >= 4 is 18.3 Å². The average molecular weight is 177 g/mol. The molecule has 0 aromatic carbocycles. The third kappa shape index (κ3) is 1.29. The van der Waals surface area contributed by atoms with Gasteiger partial charge in [-0.25, -0.2) is 0 Å². The largest absolute Gasteiger partial charge is 0.365 e. The van der Waals surface area contributed by atoms with Crippen molar-refractivity contribution in [2.75, 3.05) is 7.05 Å². The van der Waals surface area contributed by atoms with Crippen molar-refractivity contribution in [3.8, 4) is 12.3 Å². The Hall–Kier alpha value is -2.09. The first-order chi connectivity index (χ1) is 6.11. The van der Waals surface area contributed by atoms with Crippen molar-refractivity contribution in [3.63, 3.8) is 0 Å². The van der Waals surface area contributed by atoms with Crippen LogP contribution in [-0.2, 0) is 4.79 Å². The molecule has 1 amide bonds. The van der Waals surface area contributed by atoms with Crippen LogP contribution in [0.25, 0.3) is 0 Å². The predicted molar refractivity (Wildman–Crippen MR) is 48.9 cm³/mol. The first kappa shape index (κ1) is 9.00. The monoisotopic (exact) mass is 177 g/mol. The summed E-state index contributed by atoms with van der Waals surface area (Å²) in [5.74, 6) is 2.06. The second kappa shape index (κ2) is 3.11. The number of hydrogen-bond acceptors (Lipinski definition) is 3. The number of carbonyl (C=O) groups excluding carboxylic acids is 1. The normalized spacial score (nSPS) is 15.4. The van der Waals surface area contributed by atoms with E-state index < -0.39 is 5.91 Å². The van der Waals surface area contributed by atoms with Gasteiger partial charge in [0.15, 0.2) is 11.3 Å². The Morgan fingerprint density at radius 2 is 2.46 bits per heavy atom. The smallest absolute Gasteiger partial charge is 0.315 e. The quantitative estimate of drug-likeness (QED) is 0.403. The molecule has 0 atom stereocenters. The highest BCUT2D eigenvalue weighted by Gasteiger charge is 2.31. The number of nitrogens with two attached hydrogens (primary N) is 1. The number of terminal acetylenes is 1. The Bertz CT molecular complexity index is 383. The molecular weight excluding hydrogens is 168 g/mol. The molecule has 0 spiro atoms. The summed E-state index contributed by atoms with van der Waals surface area (Å²) >= 11 is 0. The van der Waals surface area contributed by atoms with E-state index in [1.54, 1.807) is 7.05 Å². The summed E-state index contributed by atoms with van der Waals surface area (Å²) in [4.78, 5) is 11.0. The Morgan fingerprint density at radius 3 is 2.85 bits per heavy atom. The zero-order valence-electron chi connectivity index (χ0n) is 7.16. The van der Waals surface area contributed by atoms with Crippen LogP contribution in [0.4, 0.5) is 0 Å². The lowest BCUT2D eigenvalue weighted by Gasteiger charge is -1.94. The van der Waals surface area contributed by atoms with E-state index in [4.69, 9.17) is 12.2 Å². The summed E-state index contributed by atoms with van der Waals surface area (Å²) in [7, 11) is 1.63. The molecular formula is C8H9N4O+.